The number of methoxy groups -OCH3 is 1. The van der Waals surface area contributed by atoms with Crippen LogP contribution in [0.15, 0.2) is 67.0 Å². The third-order valence-electron chi connectivity index (χ3n) is 4.53. The quantitative estimate of drug-likeness (QED) is 0.623. The number of hydrogen-bond acceptors (Lipinski definition) is 4. The molecule has 2 aromatic carbocycles. The van der Waals surface area contributed by atoms with Crippen molar-refractivity contribution < 1.29 is 9.47 Å². The number of nitrogens with zero attached hydrogens (tertiary/aromatic N) is 1. The molecule has 1 atom stereocenters. The molecular formula is C23H26N2O2. The average molecular weight is 362 g/mol. The zero-order valence-corrected chi connectivity index (χ0v) is 16.1. The minimum Gasteiger partial charge on any atom is -0.493 e. The van der Waals surface area contributed by atoms with Crippen molar-refractivity contribution in [3.05, 3.63) is 89.2 Å². The Morgan fingerprint density at radius 3 is 2.52 bits per heavy atom. The Bertz CT molecular complexity index is 848. The van der Waals surface area contributed by atoms with E-state index in [4.69, 9.17) is 9.47 Å². The summed E-state index contributed by atoms with van der Waals surface area (Å²) < 4.78 is 11.4. The van der Waals surface area contributed by atoms with Gasteiger partial charge in [-0.25, -0.2) is 0 Å². The Balaban J connectivity index is 1.64. The summed E-state index contributed by atoms with van der Waals surface area (Å²) in [7, 11) is 1.66. The molecule has 1 aromatic heterocycles. The molecule has 0 aliphatic heterocycles. The Labute approximate surface area is 161 Å². The predicted octanol–water partition coefficient (Wildman–Crippen LogP) is 4.83. The van der Waals surface area contributed by atoms with E-state index in [2.05, 4.69) is 54.5 Å². The van der Waals surface area contributed by atoms with Crippen molar-refractivity contribution >= 4 is 0 Å². The number of ether oxygens (including phenoxy) is 2. The Hall–Kier alpha value is -2.85. The van der Waals surface area contributed by atoms with Gasteiger partial charge in [0.1, 0.15) is 6.61 Å². The first-order valence-corrected chi connectivity index (χ1v) is 9.14. The highest BCUT2D eigenvalue weighted by Crippen LogP contribution is 2.29. The summed E-state index contributed by atoms with van der Waals surface area (Å²) in [5.41, 5.74) is 4.73. The van der Waals surface area contributed by atoms with Crippen molar-refractivity contribution in [2.24, 2.45) is 0 Å². The number of aryl methyl sites for hydroxylation is 1. The van der Waals surface area contributed by atoms with E-state index < -0.39 is 0 Å². The first-order chi connectivity index (χ1) is 13.2. The summed E-state index contributed by atoms with van der Waals surface area (Å²) in [5, 5.41) is 3.57. The standard InChI is InChI=1S/C23H26N2O2/c1-17-6-9-21(10-7-17)18(2)25-15-19-8-11-22(26-3)23(13-19)27-16-20-5-4-12-24-14-20/h4-14,18,25H,15-16H2,1-3H3. The maximum Gasteiger partial charge on any atom is 0.161 e. The number of aromatic nitrogens is 1. The normalized spacial score (nSPS) is 11.8. The van der Waals surface area contributed by atoms with Gasteiger partial charge in [0.05, 0.1) is 7.11 Å². The highest BCUT2D eigenvalue weighted by atomic mass is 16.5. The maximum absolute atomic E-state index is 5.97. The molecule has 0 aliphatic rings. The summed E-state index contributed by atoms with van der Waals surface area (Å²) >= 11 is 0. The second-order valence-electron chi connectivity index (χ2n) is 6.65. The van der Waals surface area contributed by atoms with Gasteiger partial charge in [-0.2, -0.15) is 0 Å². The van der Waals surface area contributed by atoms with Crippen molar-refractivity contribution in [2.75, 3.05) is 7.11 Å². The first-order valence-electron chi connectivity index (χ1n) is 9.14. The van der Waals surface area contributed by atoms with Crippen LogP contribution in [-0.2, 0) is 13.2 Å². The summed E-state index contributed by atoms with van der Waals surface area (Å²) in [6.45, 7) is 5.49. The SMILES string of the molecule is COc1ccc(CNC(C)c2ccc(C)cc2)cc1OCc1cccnc1. The molecule has 0 saturated carbocycles. The molecule has 4 heteroatoms. The molecule has 0 bridgehead atoms. The van der Waals surface area contributed by atoms with Crippen molar-refractivity contribution in [2.45, 2.75) is 33.0 Å². The molecule has 27 heavy (non-hydrogen) atoms. The highest BCUT2D eigenvalue weighted by Gasteiger charge is 2.09. The van der Waals surface area contributed by atoms with Crippen LogP contribution in [0.5, 0.6) is 11.5 Å². The lowest BCUT2D eigenvalue weighted by molar-refractivity contribution is 0.283. The molecule has 3 rings (SSSR count). The van der Waals surface area contributed by atoms with E-state index in [-0.39, 0.29) is 6.04 Å². The first kappa shape index (κ1) is 18.9. The van der Waals surface area contributed by atoms with Crippen molar-refractivity contribution in [1.29, 1.82) is 0 Å². The lowest BCUT2D eigenvalue weighted by Crippen LogP contribution is -2.18. The summed E-state index contributed by atoms with van der Waals surface area (Å²) in [4.78, 5) is 4.12. The smallest absolute Gasteiger partial charge is 0.161 e. The number of benzene rings is 2. The molecule has 1 unspecified atom stereocenters. The van der Waals surface area contributed by atoms with Gasteiger partial charge < -0.3 is 14.8 Å². The third-order valence-corrected chi connectivity index (χ3v) is 4.53. The zero-order valence-electron chi connectivity index (χ0n) is 16.1. The molecule has 1 heterocycles. The van der Waals surface area contributed by atoms with Crippen molar-refractivity contribution in [3.63, 3.8) is 0 Å². The van der Waals surface area contributed by atoms with E-state index in [0.29, 0.717) is 6.61 Å². The fourth-order valence-corrected chi connectivity index (χ4v) is 2.83. The fraction of sp³-hybridized carbons (Fsp3) is 0.261. The summed E-state index contributed by atoms with van der Waals surface area (Å²) in [5.74, 6) is 1.47. The number of pyridine rings is 1. The lowest BCUT2D eigenvalue weighted by atomic mass is 10.1. The molecule has 0 spiro atoms. The fourth-order valence-electron chi connectivity index (χ4n) is 2.83. The summed E-state index contributed by atoms with van der Waals surface area (Å²) in [6.07, 6.45) is 3.56. The minimum absolute atomic E-state index is 0.271. The Kier molecular flexibility index (Phi) is 6.44. The minimum atomic E-state index is 0.271. The molecule has 0 radical (unpaired) electrons. The Morgan fingerprint density at radius 2 is 1.81 bits per heavy atom. The average Bonchev–Trinajstić information content (AvgIpc) is 2.71. The topological polar surface area (TPSA) is 43.4 Å². The zero-order chi connectivity index (χ0) is 19.1. The van der Waals surface area contributed by atoms with Gasteiger partial charge in [-0.15, -0.1) is 0 Å². The summed E-state index contributed by atoms with van der Waals surface area (Å²) in [6, 6.07) is 18.8. The van der Waals surface area contributed by atoms with Crippen molar-refractivity contribution in [3.8, 4) is 11.5 Å². The van der Waals surface area contributed by atoms with Crippen LogP contribution in [0.25, 0.3) is 0 Å². The second kappa shape index (κ2) is 9.19. The maximum atomic E-state index is 5.97. The van der Waals surface area contributed by atoms with E-state index in [1.54, 1.807) is 19.5 Å². The second-order valence-corrected chi connectivity index (χ2v) is 6.65. The number of rotatable bonds is 8. The van der Waals surface area contributed by atoms with E-state index in [0.717, 1.165) is 29.2 Å². The molecule has 0 fully saturated rings. The van der Waals surface area contributed by atoms with Crippen LogP contribution in [-0.4, -0.2) is 12.1 Å². The van der Waals surface area contributed by atoms with Crippen LogP contribution < -0.4 is 14.8 Å². The van der Waals surface area contributed by atoms with Crippen LogP contribution in [0, 0.1) is 6.92 Å². The van der Waals surface area contributed by atoms with Crippen LogP contribution in [0.1, 0.15) is 35.2 Å². The van der Waals surface area contributed by atoms with E-state index in [1.807, 2.05) is 24.3 Å². The van der Waals surface area contributed by atoms with Gasteiger partial charge in [-0.05, 0) is 43.2 Å². The van der Waals surface area contributed by atoms with Gasteiger partial charge in [0.25, 0.3) is 0 Å². The van der Waals surface area contributed by atoms with Gasteiger partial charge in [0, 0.05) is 30.5 Å². The van der Waals surface area contributed by atoms with E-state index in [9.17, 15) is 0 Å². The molecule has 140 valence electrons. The van der Waals surface area contributed by atoms with Gasteiger partial charge >= 0.3 is 0 Å². The molecular weight excluding hydrogens is 336 g/mol. The van der Waals surface area contributed by atoms with E-state index in [1.165, 1.54) is 11.1 Å². The third kappa shape index (κ3) is 5.31. The highest BCUT2D eigenvalue weighted by molar-refractivity contribution is 5.43. The molecule has 3 aromatic rings. The number of hydrogen-bond donors (Lipinski definition) is 1. The van der Waals surface area contributed by atoms with Gasteiger partial charge in [0.15, 0.2) is 11.5 Å². The molecule has 4 nitrogen and oxygen atoms in total. The molecule has 1 N–H and O–H groups in total. The molecule has 0 saturated heterocycles. The van der Waals surface area contributed by atoms with Crippen LogP contribution in [0.4, 0.5) is 0 Å². The van der Waals surface area contributed by atoms with Gasteiger partial charge in [-0.3, -0.25) is 4.98 Å². The predicted molar refractivity (Wildman–Crippen MR) is 108 cm³/mol. The number of nitrogens with one attached hydrogen (secondary N) is 1. The molecule has 0 amide bonds. The van der Waals surface area contributed by atoms with Crippen LogP contribution in [0.2, 0.25) is 0 Å². The molecule has 0 aliphatic carbocycles. The van der Waals surface area contributed by atoms with Crippen LogP contribution >= 0.6 is 0 Å². The van der Waals surface area contributed by atoms with E-state index >= 15 is 0 Å². The lowest BCUT2D eigenvalue weighted by Gasteiger charge is -2.16. The van der Waals surface area contributed by atoms with Crippen molar-refractivity contribution in [1.82, 2.24) is 10.3 Å². The largest absolute Gasteiger partial charge is 0.493 e. The Morgan fingerprint density at radius 1 is 1.00 bits per heavy atom. The van der Waals surface area contributed by atoms with Crippen LogP contribution in [0.3, 0.4) is 0 Å². The van der Waals surface area contributed by atoms with Gasteiger partial charge in [-0.1, -0.05) is 42.0 Å². The van der Waals surface area contributed by atoms with Gasteiger partial charge in [0.2, 0.25) is 0 Å². The monoisotopic (exact) mass is 362 g/mol.